The first-order chi connectivity index (χ1) is 11.1. The van der Waals surface area contributed by atoms with Crippen LogP contribution in [0.25, 0.3) is 0 Å². The van der Waals surface area contributed by atoms with Gasteiger partial charge in [0.2, 0.25) is 5.91 Å². The van der Waals surface area contributed by atoms with Gasteiger partial charge in [0.25, 0.3) is 0 Å². The van der Waals surface area contributed by atoms with Crippen LogP contribution in [0.5, 0.6) is 0 Å². The summed E-state index contributed by atoms with van der Waals surface area (Å²) in [6.07, 6.45) is 0.248. The molecule has 0 aliphatic rings. The SMILES string of the molecule is CC(Sc1ccccc1F)C(=O)N(CCC#N)c1ccccc1. The smallest absolute Gasteiger partial charge is 0.240 e. The molecule has 2 rings (SSSR count). The van der Waals surface area contributed by atoms with Crippen molar-refractivity contribution in [2.75, 3.05) is 11.4 Å². The maximum Gasteiger partial charge on any atom is 0.240 e. The van der Waals surface area contributed by atoms with Crippen LogP contribution < -0.4 is 4.90 Å². The van der Waals surface area contributed by atoms with Gasteiger partial charge in [0.05, 0.1) is 17.7 Å². The van der Waals surface area contributed by atoms with Gasteiger partial charge in [-0.1, -0.05) is 30.3 Å². The van der Waals surface area contributed by atoms with Crippen molar-refractivity contribution in [3.8, 4) is 6.07 Å². The average molecular weight is 328 g/mol. The number of carbonyl (C=O) groups is 1. The fraction of sp³-hybridized carbons (Fsp3) is 0.222. The zero-order chi connectivity index (χ0) is 16.7. The summed E-state index contributed by atoms with van der Waals surface area (Å²) in [6, 6.07) is 17.7. The van der Waals surface area contributed by atoms with E-state index in [-0.39, 0.29) is 18.1 Å². The topological polar surface area (TPSA) is 44.1 Å². The largest absolute Gasteiger partial charge is 0.310 e. The lowest BCUT2D eigenvalue weighted by Gasteiger charge is -2.25. The van der Waals surface area contributed by atoms with Gasteiger partial charge < -0.3 is 4.90 Å². The quantitative estimate of drug-likeness (QED) is 0.745. The molecule has 1 atom stereocenters. The molecular formula is C18H17FN2OS. The zero-order valence-electron chi connectivity index (χ0n) is 12.8. The van der Waals surface area contributed by atoms with E-state index < -0.39 is 5.25 Å². The van der Waals surface area contributed by atoms with E-state index in [1.165, 1.54) is 17.8 Å². The Kier molecular flexibility index (Phi) is 6.19. The average Bonchev–Trinajstić information content (AvgIpc) is 2.58. The Labute approximate surface area is 139 Å². The predicted octanol–water partition coefficient (Wildman–Crippen LogP) is 4.25. The highest BCUT2D eigenvalue weighted by molar-refractivity contribution is 8.00. The van der Waals surface area contributed by atoms with Crippen LogP contribution in [0.1, 0.15) is 13.3 Å². The van der Waals surface area contributed by atoms with E-state index in [0.717, 1.165) is 5.69 Å². The van der Waals surface area contributed by atoms with Crippen molar-refractivity contribution in [2.45, 2.75) is 23.5 Å². The summed E-state index contributed by atoms with van der Waals surface area (Å²) in [4.78, 5) is 14.8. The van der Waals surface area contributed by atoms with Crippen molar-refractivity contribution in [3.05, 3.63) is 60.4 Å². The number of nitrogens with zero attached hydrogens (tertiary/aromatic N) is 2. The first-order valence-electron chi connectivity index (χ1n) is 7.28. The Bertz CT molecular complexity index is 700. The minimum atomic E-state index is -0.453. The van der Waals surface area contributed by atoms with Crippen LogP contribution in [0.4, 0.5) is 10.1 Å². The highest BCUT2D eigenvalue weighted by Gasteiger charge is 2.23. The van der Waals surface area contributed by atoms with Gasteiger partial charge in [0.15, 0.2) is 0 Å². The van der Waals surface area contributed by atoms with Crippen LogP contribution >= 0.6 is 11.8 Å². The second-order valence-corrected chi connectivity index (χ2v) is 6.31. The number of carbonyl (C=O) groups excluding carboxylic acids is 1. The highest BCUT2D eigenvalue weighted by Crippen LogP contribution is 2.28. The Morgan fingerprint density at radius 1 is 1.22 bits per heavy atom. The Morgan fingerprint density at radius 2 is 1.87 bits per heavy atom. The van der Waals surface area contributed by atoms with Crippen molar-refractivity contribution in [3.63, 3.8) is 0 Å². The number of thioether (sulfide) groups is 1. The minimum absolute atomic E-state index is 0.139. The fourth-order valence-corrected chi connectivity index (χ4v) is 3.08. The lowest BCUT2D eigenvalue weighted by atomic mass is 10.2. The molecule has 118 valence electrons. The summed E-state index contributed by atoms with van der Waals surface area (Å²) >= 11 is 1.19. The molecule has 0 aliphatic heterocycles. The standard InChI is InChI=1S/C18H17FN2OS/c1-14(23-17-11-6-5-10-16(17)19)18(22)21(13-7-12-20)15-8-3-2-4-9-15/h2-6,8-11,14H,7,13H2,1H3. The fourth-order valence-electron chi connectivity index (χ4n) is 2.14. The lowest BCUT2D eigenvalue weighted by molar-refractivity contribution is -0.117. The zero-order valence-corrected chi connectivity index (χ0v) is 13.6. The van der Waals surface area contributed by atoms with Crippen LogP contribution in [0.15, 0.2) is 59.5 Å². The molecule has 0 aliphatic carbocycles. The number of benzene rings is 2. The van der Waals surface area contributed by atoms with Gasteiger partial charge in [-0.05, 0) is 31.2 Å². The van der Waals surface area contributed by atoms with E-state index in [4.69, 9.17) is 5.26 Å². The van der Waals surface area contributed by atoms with Crippen molar-refractivity contribution in [1.29, 1.82) is 5.26 Å². The molecule has 0 N–H and O–H groups in total. The maximum absolute atomic E-state index is 13.8. The van der Waals surface area contributed by atoms with Crippen LogP contribution in [0, 0.1) is 17.1 Å². The summed E-state index contributed by atoms with van der Waals surface area (Å²) < 4.78 is 13.8. The summed E-state index contributed by atoms with van der Waals surface area (Å²) in [5, 5.41) is 8.36. The van der Waals surface area contributed by atoms with Crippen molar-refractivity contribution >= 4 is 23.4 Å². The molecule has 0 fully saturated rings. The minimum Gasteiger partial charge on any atom is -0.310 e. The molecule has 0 aromatic heterocycles. The summed E-state index contributed by atoms with van der Waals surface area (Å²) in [7, 11) is 0. The second kappa shape index (κ2) is 8.35. The normalized spacial score (nSPS) is 11.5. The number of halogens is 1. The van der Waals surface area contributed by atoms with E-state index in [9.17, 15) is 9.18 Å². The van der Waals surface area contributed by atoms with Gasteiger partial charge in [-0.25, -0.2) is 4.39 Å². The molecule has 2 aromatic carbocycles. The van der Waals surface area contributed by atoms with Gasteiger partial charge in [-0.3, -0.25) is 4.79 Å². The maximum atomic E-state index is 13.8. The van der Waals surface area contributed by atoms with Crippen LogP contribution in [0.3, 0.4) is 0 Å². The molecular weight excluding hydrogens is 311 g/mol. The van der Waals surface area contributed by atoms with Crippen LogP contribution in [-0.2, 0) is 4.79 Å². The summed E-state index contributed by atoms with van der Waals surface area (Å²) in [5.74, 6) is -0.472. The molecule has 0 heterocycles. The first kappa shape index (κ1) is 17.0. The number of rotatable bonds is 6. The predicted molar refractivity (Wildman–Crippen MR) is 90.7 cm³/mol. The van der Waals surface area contributed by atoms with E-state index in [1.807, 2.05) is 30.3 Å². The van der Waals surface area contributed by atoms with Gasteiger partial charge >= 0.3 is 0 Å². The molecule has 1 amide bonds. The third-order valence-corrected chi connectivity index (χ3v) is 4.41. The van der Waals surface area contributed by atoms with Crippen molar-refractivity contribution in [2.24, 2.45) is 0 Å². The Balaban J connectivity index is 2.16. The molecule has 0 radical (unpaired) electrons. The highest BCUT2D eigenvalue weighted by atomic mass is 32.2. The molecule has 23 heavy (non-hydrogen) atoms. The molecule has 0 bridgehead atoms. The van der Waals surface area contributed by atoms with Crippen molar-refractivity contribution in [1.82, 2.24) is 0 Å². The van der Waals surface area contributed by atoms with E-state index in [0.29, 0.717) is 11.4 Å². The van der Waals surface area contributed by atoms with Gasteiger partial charge in [0, 0.05) is 17.1 Å². The lowest BCUT2D eigenvalue weighted by Crippen LogP contribution is -2.37. The summed E-state index contributed by atoms with van der Waals surface area (Å²) in [5.41, 5.74) is 0.744. The Hall–Kier alpha value is -2.32. The van der Waals surface area contributed by atoms with Crippen LogP contribution in [-0.4, -0.2) is 17.7 Å². The molecule has 0 saturated carbocycles. The number of para-hydroxylation sites is 1. The number of hydrogen-bond donors (Lipinski definition) is 0. The molecule has 3 nitrogen and oxygen atoms in total. The second-order valence-electron chi connectivity index (χ2n) is 4.92. The van der Waals surface area contributed by atoms with E-state index in [1.54, 1.807) is 30.0 Å². The van der Waals surface area contributed by atoms with Crippen LogP contribution in [0.2, 0.25) is 0 Å². The van der Waals surface area contributed by atoms with Gasteiger partial charge in [-0.15, -0.1) is 11.8 Å². The van der Waals surface area contributed by atoms with E-state index in [2.05, 4.69) is 6.07 Å². The Morgan fingerprint density at radius 3 is 2.52 bits per heavy atom. The van der Waals surface area contributed by atoms with Gasteiger partial charge in [-0.2, -0.15) is 5.26 Å². The molecule has 0 spiro atoms. The van der Waals surface area contributed by atoms with Gasteiger partial charge in [0.1, 0.15) is 5.82 Å². The van der Waals surface area contributed by atoms with Crippen molar-refractivity contribution < 1.29 is 9.18 Å². The first-order valence-corrected chi connectivity index (χ1v) is 8.16. The molecule has 0 saturated heterocycles. The number of hydrogen-bond acceptors (Lipinski definition) is 3. The third-order valence-electron chi connectivity index (χ3n) is 3.27. The number of nitriles is 1. The van der Waals surface area contributed by atoms with E-state index >= 15 is 0 Å². The number of amides is 1. The summed E-state index contributed by atoms with van der Waals surface area (Å²) in [6.45, 7) is 2.07. The molecule has 2 aromatic rings. The third kappa shape index (κ3) is 4.57. The molecule has 1 unspecified atom stereocenters. The molecule has 5 heteroatoms. The number of anilines is 1. The monoisotopic (exact) mass is 328 g/mol.